The van der Waals surface area contributed by atoms with E-state index in [0.29, 0.717) is 17.4 Å². The minimum Gasteiger partial charge on any atom is -0.327 e. The van der Waals surface area contributed by atoms with Crippen LogP contribution >= 0.6 is 0 Å². The molecule has 0 amide bonds. The van der Waals surface area contributed by atoms with Gasteiger partial charge in [0, 0.05) is 6.04 Å². The zero-order chi connectivity index (χ0) is 9.07. The molecule has 0 saturated heterocycles. The Hall–Kier alpha value is -0.0400. The molecule has 0 bridgehead atoms. The van der Waals surface area contributed by atoms with Gasteiger partial charge in [0.1, 0.15) is 0 Å². The Balaban J connectivity index is 3.77. The minimum absolute atomic E-state index is 0.375. The fraction of sp³-hybridized carbons (Fsp3) is 1.00. The van der Waals surface area contributed by atoms with Crippen molar-refractivity contribution in [1.82, 2.24) is 0 Å². The van der Waals surface area contributed by atoms with E-state index in [1.54, 1.807) is 0 Å². The summed E-state index contributed by atoms with van der Waals surface area (Å²) in [4.78, 5) is 0. The number of nitrogens with two attached hydrogens (primary N) is 1. The summed E-state index contributed by atoms with van der Waals surface area (Å²) in [6, 6.07) is 0.375. The maximum absolute atomic E-state index is 6.01. The van der Waals surface area contributed by atoms with Gasteiger partial charge in [-0.3, -0.25) is 0 Å². The Kier molecular flexibility index (Phi) is 4.09. The standard InChI is InChI=1S/C10H23N/c1-6-8(2)9(11)7-10(3,4)5/h8-9H,6-7,11H2,1-5H3/t8-,9-/m0/s1. The van der Waals surface area contributed by atoms with Gasteiger partial charge in [-0.15, -0.1) is 0 Å². The molecule has 0 aromatic heterocycles. The molecule has 11 heavy (non-hydrogen) atoms. The lowest BCUT2D eigenvalue weighted by molar-refractivity contribution is 0.289. The van der Waals surface area contributed by atoms with Gasteiger partial charge in [0.15, 0.2) is 0 Å². The van der Waals surface area contributed by atoms with Crippen molar-refractivity contribution in [3.05, 3.63) is 0 Å². The fourth-order valence-electron chi connectivity index (χ4n) is 1.21. The van der Waals surface area contributed by atoms with E-state index in [2.05, 4.69) is 34.6 Å². The zero-order valence-corrected chi connectivity index (χ0v) is 8.65. The van der Waals surface area contributed by atoms with Crippen LogP contribution in [0.2, 0.25) is 0 Å². The first kappa shape index (κ1) is 11.0. The van der Waals surface area contributed by atoms with Gasteiger partial charge in [-0.05, 0) is 17.8 Å². The van der Waals surface area contributed by atoms with Gasteiger partial charge in [0.2, 0.25) is 0 Å². The summed E-state index contributed by atoms with van der Waals surface area (Å²) < 4.78 is 0. The highest BCUT2D eigenvalue weighted by atomic mass is 14.6. The fourth-order valence-corrected chi connectivity index (χ4v) is 1.21. The third-order valence-electron chi connectivity index (χ3n) is 2.22. The van der Waals surface area contributed by atoms with Crippen molar-refractivity contribution >= 4 is 0 Å². The smallest absolute Gasteiger partial charge is 0.00694 e. The number of rotatable bonds is 3. The predicted octanol–water partition coefficient (Wildman–Crippen LogP) is 2.80. The zero-order valence-electron chi connectivity index (χ0n) is 8.65. The SMILES string of the molecule is CC[C@H](C)[C@@H](N)CC(C)(C)C. The van der Waals surface area contributed by atoms with Gasteiger partial charge in [0.25, 0.3) is 0 Å². The lowest BCUT2D eigenvalue weighted by Gasteiger charge is -2.26. The maximum Gasteiger partial charge on any atom is 0.00694 e. The van der Waals surface area contributed by atoms with Crippen LogP contribution in [0, 0.1) is 11.3 Å². The van der Waals surface area contributed by atoms with Gasteiger partial charge < -0.3 is 5.73 Å². The van der Waals surface area contributed by atoms with Crippen LogP contribution in [0.4, 0.5) is 0 Å². The topological polar surface area (TPSA) is 26.0 Å². The minimum atomic E-state index is 0.375. The van der Waals surface area contributed by atoms with Crippen LogP contribution in [0.15, 0.2) is 0 Å². The molecule has 0 unspecified atom stereocenters. The molecule has 0 aromatic rings. The first-order valence-corrected chi connectivity index (χ1v) is 4.62. The summed E-state index contributed by atoms with van der Waals surface area (Å²) in [5.41, 5.74) is 6.39. The Morgan fingerprint density at radius 2 is 1.73 bits per heavy atom. The van der Waals surface area contributed by atoms with E-state index in [1.807, 2.05) is 0 Å². The molecule has 68 valence electrons. The van der Waals surface area contributed by atoms with Crippen molar-refractivity contribution in [2.24, 2.45) is 17.1 Å². The lowest BCUT2D eigenvalue weighted by Crippen LogP contribution is -2.32. The van der Waals surface area contributed by atoms with Crippen molar-refractivity contribution in [3.63, 3.8) is 0 Å². The van der Waals surface area contributed by atoms with Crippen LogP contribution in [0.1, 0.15) is 47.5 Å². The molecule has 0 aliphatic rings. The summed E-state index contributed by atoms with van der Waals surface area (Å²) >= 11 is 0. The predicted molar refractivity (Wildman–Crippen MR) is 51.5 cm³/mol. The van der Waals surface area contributed by atoms with Gasteiger partial charge >= 0.3 is 0 Å². The maximum atomic E-state index is 6.01. The highest BCUT2D eigenvalue weighted by Crippen LogP contribution is 2.23. The van der Waals surface area contributed by atoms with Gasteiger partial charge in [-0.2, -0.15) is 0 Å². The highest BCUT2D eigenvalue weighted by molar-refractivity contribution is 4.74. The second-order valence-corrected chi connectivity index (χ2v) is 4.81. The summed E-state index contributed by atoms with van der Waals surface area (Å²) in [5, 5.41) is 0. The summed E-state index contributed by atoms with van der Waals surface area (Å²) in [5.74, 6) is 0.661. The quantitative estimate of drug-likeness (QED) is 0.670. The Bertz CT molecular complexity index is 102. The first-order valence-electron chi connectivity index (χ1n) is 4.62. The first-order chi connectivity index (χ1) is 4.87. The molecule has 2 N–H and O–H groups in total. The molecule has 0 saturated carbocycles. The van der Waals surface area contributed by atoms with Crippen LogP contribution in [-0.4, -0.2) is 6.04 Å². The van der Waals surface area contributed by atoms with Crippen LogP contribution in [0.25, 0.3) is 0 Å². The molecule has 0 fully saturated rings. The van der Waals surface area contributed by atoms with Crippen LogP contribution in [0.5, 0.6) is 0 Å². The van der Waals surface area contributed by atoms with Gasteiger partial charge in [0.05, 0.1) is 0 Å². The monoisotopic (exact) mass is 157 g/mol. The third-order valence-corrected chi connectivity index (χ3v) is 2.22. The van der Waals surface area contributed by atoms with E-state index in [-0.39, 0.29) is 0 Å². The molecule has 0 radical (unpaired) electrons. The molecule has 0 rings (SSSR count). The Morgan fingerprint density at radius 1 is 1.27 bits per heavy atom. The van der Waals surface area contributed by atoms with E-state index < -0.39 is 0 Å². The largest absolute Gasteiger partial charge is 0.327 e. The average molecular weight is 157 g/mol. The summed E-state index contributed by atoms with van der Waals surface area (Å²) in [6.45, 7) is 11.2. The molecule has 0 aromatic carbocycles. The molecule has 0 aliphatic carbocycles. The van der Waals surface area contributed by atoms with Crippen molar-refractivity contribution in [2.45, 2.75) is 53.5 Å². The van der Waals surface area contributed by atoms with E-state index >= 15 is 0 Å². The van der Waals surface area contributed by atoms with Gasteiger partial charge in [-0.25, -0.2) is 0 Å². The van der Waals surface area contributed by atoms with Crippen LogP contribution in [0.3, 0.4) is 0 Å². The van der Waals surface area contributed by atoms with E-state index in [0.717, 1.165) is 6.42 Å². The molecular formula is C10H23N. The summed E-state index contributed by atoms with van der Waals surface area (Å²) in [6.07, 6.45) is 2.32. The van der Waals surface area contributed by atoms with E-state index in [9.17, 15) is 0 Å². The number of hydrogen-bond acceptors (Lipinski definition) is 1. The molecule has 0 heterocycles. The number of hydrogen-bond donors (Lipinski definition) is 1. The van der Waals surface area contributed by atoms with Crippen LogP contribution in [-0.2, 0) is 0 Å². The second-order valence-electron chi connectivity index (χ2n) is 4.81. The molecule has 2 atom stereocenters. The highest BCUT2D eigenvalue weighted by Gasteiger charge is 2.18. The molecule has 1 heteroatoms. The summed E-state index contributed by atoms with van der Waals surface area (Å²) in [7, 11) is 0. The van der Waals surface area contributed by atoms with Gasteiger partial charge in [-0.1, -0.05) is 41.0 Å². The van der Waals surface area contributed by atoms with E-state index in [1.165, 1.54) is 6.42 Å². The van der Waals surface area contributed by atoms with Crippen molar-refractivity contribution in [3.8, 4) is 0 Å². The second kappa shape index (κ2) is 4.10. The average Bonchev–Trinajstić information content (AvgIpc) is 1.82. The molecule has 0 spiro atoms. The van der Waals surface area contributed by atoms with Crippen molar-refractivity contribution < 1.29 is 0 Å². The van der Waals surface area contributed by atoms with Crippen LogP contribution < -0.4 is 5.73 Å². The Morgan fingerprint density at radius 3 is 2.00 bits per heavy atom. The van der Waals surface area contributed by atoms with Crippen molar-refractivity contribution in [2.75, 3.05) is 0 Å². The normalized spacial score (nSPS) is 18.0. The molecular weight excluding hydrogens is 134 g/mol. The lowest BCUT2D eigenvalue weighted by atomic mass is 9.83. The van der Waals surface area contributed by atoms with Crippen molar-refractivity contribution in [1.29, 1.82) is 0 Å². The van der Waals surface area contributed by atoms with E-state index in [4.69, 9.17) is 5.73 Å². The Labute approximate surface area is 71.4 Å². The molecule has 0 aliphatic heterocycles. The third kappa shape index (κ3) is 5.25. The molecule has 1 nitrogen and oxygen atoms in total.